The van der Waals surface area contributed by atoms with Crippen LogP contribution in [0.2, 0.25) is 0 Å². The highest BCUT2D eigenvalue weighted by atomic mass is 16.7. The van der Waals surface area contributed by atoms with E-state index in [1.54, 1.807) is 59.8 Å². The molecular weight excluding hydrogens is 452 g/mol. The molecule has 35 heavy (non-hydrogen) atoms. The first-order valence-corrected chi connectivity index (χ1v) is 11.3. The van der Waals surface area contributed by atoms with E-state index in [1.807, 2.05) is 6.07 Å². The maximum absolute atomic E-state index is 13.0. The SMILES string of the molecule is CCOC(=O)c1cnn(-c2cccc(NC(=O)C3CC(=O)N(c4ccc5c(c4)OCO5)C3)c2)c1C. The largest absolute Gasteiger partial charge is 0.462 e. The average molecular weight is 476 g/mol. The van der Waals surface area contributed by atoms with Gasteiger partial charge in [0.15, 0.2) is 11.5 Å². The summed E-state index contributed by atoms with van der Waals surface area (Å²) in [5.74, 6) is -0.0898. The number of rotatable bonds is 6. The number of fused-ring (bicyclic) bond motifs is 1. The van der Waals surface area contributed by atoms with E-state index in [2.05, 4.69) is 10.4 Å². The Morgan fingerprint density at radius 2 is 1.97 bits per heavy atom. The number of carbonyl (C=O) groups excluding carboxylic acids is 3. The standard InChI is InChI=1S/C25H24N4O6/c1-3-33-25(32)20-12-26-29(15(20)2)19-6-4-5-17(10-19)27-24(31)16-9-23(30)28(13-16)18-7-8-21-22(11-18)35-14-34-21/h4-8,10-12,16H,3,9,13-14H2,1-2H3,(H,27,31). The molecule has 2 aliphatic heterocycles. The lowest BCUT2D eigenvalue weighted by Crippen LogP contribution is -2.28. The number of hydrogen-bond donors (Lipinski definition) is 1. The Morgan fingerprint density at radius 3 is 2.80 bits per heavy atom. The monoisotopic (exact) mass is 476 g/mol. The minimum atomic E-state index is -0.501. The molecule has 10 nitrogen and oxygen atoms in total. The van der Waals surface area contributed by atoms with Gasteiger partial charge >= 0.3 is 5.97 Å². The lowest BCUT2D eigenvalue weighted by molar-refractivity contribution is -0.122. The highest BCUT2D eigenvalue weighted by Gasteiger charge is 2.35. The van der Waals surface area contributed by atoms with E-state index in [0.717, 1.165) is 0 Å². The summed E-state index contributed by atoms with van der Waals surface area (Å²) in [4.78, 5) is 39.3. The van der Waals surface area contributed by atoms with Gasteiger partial charge in [-0.25, -0.2) is 9.48 Å². The Bertz CT molecular complexity index is 1320. The lowest BCUT2D eigenvalue weighted by Gasteiger charge is -2.17. The number of carbonyl (C=O) groups is 3. The summed E-state index contributed by atoms with van der Waals surface area (Å²) in [7, 11) is 0. The Labute approximate surface area is 201 Å². The summed E-state index contributed by atoms with van der Waals surface area (Å²) in [6, 6.07) is 12.4. The molecule has 3 heterocycles. The summed E-state index contributed by atoms with van der Waals surface area (Å²) < 4.78 is 17.4. The molecule has 2 amide bonds. The molecule has 1 fully saturated rings. The topological polar surface area (TPSA) is 112 Å². The van der Waals surface area contributed by atoms with Crippen LogP contribution in [-0.2, 0) is 14.3 Å². The number of amides is 2. The normalized spacial score (nSPS) is 16.5. The molecule has 180 valence electrons. The molecule has 1 aromatic heterocycles. The molecule has 1 N–H and O–H groups in total. The minimum Gasteiger partial charge on any atom is -0.462 e. The molecule has 0 saturated carbocycles. The third-order valence-corrected chi connectivity index (χ3v) is 6.03. The Balaban J connectivity index is 1.28. The van der Waals surface area contributed by atoms with Gasteiger partial charge in [0.25, 0.3) is 0 Å². The van der Waals surface area contributed by atoms with Crippen molar-refractivity contribution in [1.82, 2.24) is 9.78 Å². The van der Waals surface area contributed by atoms with E-state index >= 15 is 0 Å². The molecule has 0 spiro atoms. The molecular formula is C25H24N4O6. The van der Waals surface area contributed by atoms with Crippen LogP contribution in [0.3, 0.4) is 0 Å². The van der Waals surface area contributed by atoms with Crippen molar-refractivity contribution in [3.05, 3.63) is 59.9 Å². The third-order valence-electron chi connectivity index (χ3n) is 6.03. The van der Waals surface area contributed by atoms with E-state index in [0.29, 0.717) is 39.8 Å². The van der Waals surface area contributed by atoms with Crippen LogP contribution in [0.1, 0.15) is 29.4 Å². The predicted molar refractivity (Wildman–Crippen MR) is 126 cm³/mol. The molecule has 2 aromatic carbocycles. The maximum Gasteiger partial charge on any atom is 0.341 e. The second-order valence-electron chi connectivity index (χ2n) is 8.26. The van der Waals surface area contributed by atoms with Crippen molar-refractivity contribution in [1.29, 1.82) is 0 Å². The van der Waals surface area contributed by atoms with Crippen molar-refractivity contribution >= 4 is 29.2 Å². The number of hydrogen-bond acceptors (Lipinski definition) is 7. The van der Waals surface area contributed by atoms with Crippen LogP contribution in [0.25, 0.3) is 5.69 Å². The highest BCUT2D eigenvalue weighted by Crippen LogP contribution is 2.37. The van der Waals surface area contributed by atoms with Crippen molar-refractivity contribution in [3.63, 3.8) is 0 Å². The van der Waals surface area contributed by atoms with Gasteiger partial charge < -0.3 is 24.4 Å². The molecule has 1 unspecified atom stereocenters. The molecule has 0 bridgehead atoms. The molecule has 5 rings (SSSR count). The van der Waals surface area contributed by atoms with Gasteiger partial charge in [0.1, 0.15) is 5.56 Å². The van der Waals surface area contributed by atoms with Crippen molar-refractivity contribution in [3.8, 4) is 17.2 Å². The number of aromatic nitrogens is 2. The number of esters is 1. The highest BCUT2D eigenvalue weighted by molar-refractivity contribution is 6.03. The molecule has 1 atom stereocenters. The van der Waals surface area contributed by atoms with Gasteiger partial charge in [-0.05, 0) is 44.2 Å². The fraction of sp³-hybridized carbons (Fsp3) is 0.280. The van der Waals surface area contributed by atoms with Crippen molar-refractivity contribution in [2.45, 2.75) is 20.3 Å². The van der Waals surface area contributed by atoms with Gasteiger partial charge in [0.2, 0.25) is 18.6 Å². The number of benzene rings is 2. The van der Waals surface area contributed by atoms with Crippen molar-refractivity contribution in [2.24, 2.45) is 5.92 Å². The average Bonchev–Trinajstić information content (AvgIpc) is 3.57. The van der Waals surface area contributed by atoms with Crippen LogP contribution in [0, 0.1) is 12.8 Å². The zero-order chi connectivity index (χ0) is 24.5. The second kappa shape index (κ2) is 9.13. The van der Waals surface area contributed by atoms with E-state index in [1.165, 1.54) is 6.20 Å². The third kappa shape index (κ3) is 4.30. The Kier molecular flexibility index (Phi) is 5.86. The van der Waals surface area contributed by atoms with E-state index in [9.17, 15) is 14.4 Å². The second-order valence-corrected chi connectivity index (χ2v) is 8.26. The minimum absolute atomic E-state index is 0.112. The van der Waals surface area contributed by atoms with Gasteiger partial charge in [0.05, 0.1) is 30.1 Å². The van der Waals surface area contributed by atoms with Crippen LogP contribution in [0.5, 0.6) is 11.5 Å². The van der Waals surface area contributed by atoms with E-state index < -0.39 is 11.9 Å². The summed E-state index contributed by atoms with van der Waals surface area (Å²) in [6.07, 6.45) is 1.58. The first-order chi connectivity index (χ1) is 16.9. The summed E-state index contributed by atoms with van der Waals surface area (Å²) >= 11 is 0. The zero-order valence-corrected chi connectivity index (χ0v) is 19.3. The Hall–Kier alpha value is -4.34. The predicted octanol–water partition coefficient (Wildman–Crippen LogP) is 3.08. The first kappa shape index (κ1) is 22.5. The van der Waals surface area contributed by atoms with Crippen molar-refractivity contribution < 1.29 is 28.6 Å². The number of nitrogens with one attached hydrogen (secondary N) is 1. The maximum atomic E-state index is 13.0. The van der Waals surface area contributed by atoms with Gasteiger partial charge in [-0.2, -0.15) is 5.10 Å². The molecule has 3 aromatic rings. The fourth-order valence-corrected chi connectivity index (χ4v) is 4.22. The van der Waals surface area contributed by atoms with Crippen LogP contribution in [0.15, 0.2) is 48.7 Å². The van der Waals surface area contributed by atoms with Gasteiger partial charge in [0, 0.05) is 30.4 Å². The first-order valence-electron chi connectivity index (χ1n) is 11.3. The summed E-state index contributed by atoms with van der Waals surface area (Å²) in [5.41, 5.74) is 2.93. The smallest absolute Gasteiger partial charge is 0.341 e. The summed E-state index contributed by atoms with van der Waals surface area (Å²) in [5, 5.41) is 7.20. The zero-order valence-electron chi connectivity index (χ0n) is 19.3. The molecule has 0 aliphatic carbocycles. The van der Waals surface area contributed by atoms with E-state index in [-0.39, 0.29) is 38.2 Å². The molecule has 0 radical (unpaired) electrons. The molecule has 2 aliphatic rings. The van der Waals surface area contributed by atoms with Gasteiger partial charge in [-0.1, -0.05) is 6.07 Å². The number of anilines is 2. The van der Waals surface area contributed by atoms with Gasteiger partial charge in [-0.15, -0.1) is 0 Å². The molecule has 1 saturated heterocycles. The molecule has 10 heteroatoms. The fourth-order valence-electron chi connectivity index (χ4n) is 4.22. The van der Waals surface area contributed by atoms with Crippen LogP contribution < -0.4 is 19.7 Å². The number of nitrogens with zero attached hydrogens (tertiary/aromatic N) is 3. The van der Waals surface area contributed by atoms with Crippen LogP contribution in [0.4, 0.5) is 11.4 Å². The quantitative estimate of drug-likeness (QED) is 0.544. The lowest BCUT2D eigenvalue weighted by atomic mass is 10.1. The van der Waals surface area contributed by atoms with Crippen LogP contribution >= 0.6 is 0 Å². The number of ether oxygens (including phenoxy) is 3. The Morgan fingerprint density at radius 1 is 1.14 bits per heavy atom. The van der Waals surface area contributed by atoms with Crippen LogP contribution in [-0.4, -0.2) is 47.5 Å². The summed E-state index contributed by atoms with van der Waals surface area (Å²) in [6.45, 7) is 4.22. The van der Waals surface area contributed by atoms with Gasteiger partial charge in [-0.3, -0.25) is 9.59 Å². The van der Waals surface area contributed by atoms with E-state index in [4.69, 9.17) is 14.2 Å². The van der Waals surface area contributed by atoms with Crippen molar-refractivity contribution in [2.75, 3.05) is 30.2 Å².